The van der Waals surface area contributed by atoms with Gasteiger partial charge in [0.25, 0.3) is 0 Å². The highest BCUT2D eigenvalue weighted by atomic mass is 79.9. The molecule has 1 unspecified atom stereocenters. The van der Waals surface area contributed by atoms with Gasteiger partial charge in [-0.05, 0) is 34.0 Å². The van der Waals surface area contributed by atoms with Gasteiger partial charge in [0.15, 0.2) is 0 Å². The third-order valence-electron chi connectivity index (χ3n) is 2.50. The second-order valence-electron chi connectivity index (χ2n) is 3.74. The van der Waals surface area contributed by atoms with E-state index >= 15 is 0 Å². The molecule has 1 aromatic carbocycles. The van der Waals surface area contributed by atoms with Crippen LogP contribution < -0.4 is 10.1 Å². The first-order valence-electron chi connectivity index (χ1n) is 5.24. The molecule has 0 fully saturated rings. The molecule has 2 nitrogen and oxygen atoms in total. The van der Waals surface area contributed by atoms with Crippen LogP contribution in [-0.4, -0.2) is 13.7 Å². The number of hydrogen-bond acceptors (Lipinski definition) is 2. The van der Waals surface area contributed by atoms with Crippen LogP contribution in [0, 0.1) is 5.92 Å². The van der Waals surface area contributed by atoms with Crippen LogP contribution in [0.25, 0.3) is 0 Å². The van der Waals surface area contributed by atoms with Crippen molar-refractivity contribution in [2.45, 2.75) is 20.3 Å². The molecule has 0 saturated carbocycles. The van der Waals surface area contributed by atoms with E-state index in [9.17, 15) is 0 Å². The average molecular weight is 272 g/mol. The van der Waals surface area contributed by atoms with Crippen molar-refractivity contribution >= 4 is 21.6 Å². The monoisotopic (exact) mass is 271 g/mol. The van der Waals surface area contributed by atoms with Crippen molar-refractivity contribution in [1.29, 1.82) is 0 Å². The van der Waals surface area contributed by atoms with Gasteiger partial charge in [0.2, 0.25) is 0 Å². The third kappa shape index (κ3) is 3.74. The Labute approximate surface area is 100 Å². The zero-order valence-electron chi connectivity index (χ0n) is 9.51. The minimum Gasteiger partial charge on any atom is -0.495 e. The Morgan fingerprint density at radius 2 is 2.20 bits per heavy atom. The van der Waals surface area contributed by atoms with Gasteiger partial charge in [0, 0.05) is 18.3 Å². The van der Waals surface area contributed by atoms with Crippen LogP contribution >= 0.6 is 15.9 Å². The van der Waals surface area contributed by atoms with Crippen molar-refractivity contribution in [2.75, 3.05) is 19.0 Å². The SMILES string of the molecule is CCC(C)CNc1ccc(Br)c(OC)c1. The van der Waals surface area contributed by atoms with Gasteiger partial charge in [-0.1, -0.05) is 20.3 Å². The van der Waals surface area contributed by atoms with Gasteiger partial charge in [-0.15, -0.1) is 0 Å². The van der Waals surface area contributed by atoms with Gasteiger partial charge in [-0.25, -0.2) is 0 Å². The van der Waals surface area contributed by atoms with Gasteiger partial charge in [-0.3, -0.25) is 0 Å². The highest BCUT2D eigenvalue weighted by Crippen LogP contribution is 2.27. The van der Waals surface area contributed by atoms with E-state index in [1.54, 1.807) is 7.11 Å². The zero-order chi connectivity index (χ0) is 11.3. The summed E-state index contributed by atoms with van der Waals surface area (Å²) in [6, 6.07) is 6.05. The average Bonchev–Trinajstić information content (AvgIpc) is 2.27. The largest absolute Gasteiger partial charge is 0.495 e. The van der Waals surface area contributed by atoms with Crippen LogP contribution in [0.15, 0.2) is 22.7 Å². The summed E-state index contributed by atoms with van der Waals surface area (Å²) in [7, 11) is 1.68. The van der Waals surface area contributed by atoms with Crippen molar-refractivity contribution < 1.29 is 4.74 Å². The summed E-state index contributed by atoms with van der Waals surface area (Å²) in [5, 5.41) is 3.40. The topological polar surface area (TPSA) is 21.3 Å². The van der Waals surface area contributed by atoms with Gasteiger partial charge in [0.1, 0.15) is 5.75 Å². The van der Waals surface area contributed by atoms with E-state index in [0.717, 1.165) is 22.5 Å². The molecular formula is C12H18BrNO. The number of anilines is 1. The fraction of sp³-hybridized carbons (Fsp3) is 0.500. The van der Waals surface area contributed by atoms with E-state index in [4.69, 9.17) is 4.74 Å². The van der Waals surface area contributed by atoms with Gasteiger partial charge in [0.05, 0.1) is 11.6 Å². The maximum Gasteiger partial charge on any atom is 0.135 e. The summed E-state index contributed by atoms with van der Waals surface area (Å²) in [6.07, 6.45) is 1.20. The molecule has 0 aliphatic rings. The first-order chi connectivity index (χ1) is 7.17. The minimum absolute atomic E-state index is 0.694. The van der Waals surface area contributed by atoms with Gasteiger partial charge < -0.3 is 10.1 Å². The van der Waals surface area contributed by atoms with E-state index < -0.39 is 0 Å². The van der Waals surface area contributed by atoms with E-state index in [1.165, 1.54) is 6.42 Å². The Morgan fingerprint density at radius 1 is 1.47 bits per heavy atom. The lowest BCUT2D eigenvalue weighted by atomic mass is 10.1. The molecule has 0 spiro atoms. The molecule has 0 heterocycles. The first-order valence-corrected chi connectivity index (χ1v) is 6.04. The van der Waals surface area contributed by atoms with Crippen molar-refractivity contribution in [2.24, 2.45) is 5.92 Å². The minimum atomic E-state index is 0.694. The van der Waals surface area contributed by atoms with Crippen LogP contribution in [0.5, 0.6) is 5.75 Å². The zero-order valence-corrected chi connectivity index (χ0v) is 11.1. The molecule has 3 heteroatoms. The fourth-order valence-corrected chi connectivity index (χ4v) is 1.61. The van der Waals surface area contributed by atoms with Crippen LogP contribution in [0.3, 0.4) is 0 Å². The summed E-state index contributed by atoms with van der Waals surface area (Å²) >= 11 is 3.43. The van der Waals surface area contributed by atoms with Crippen LogP contribution in [0.1, 0.15) is 20.3 Å². The molecule has 0 aliphatic carbocycles. The second kappa shape index (κ2) is 6.01. The van der Waals surface area contributed by atoms with E-state index in [1.807, 2.05) is 12.1 Å². The second-order valence-corrected chi connectivity index (χ2v) is 4.60. The Hall–Kier alpha value is -0.700. The quantitative estimate of drug-likeness (QED) is 0.877. The molecule has 0 radical (unpaired) electrons. The number of methoxy groups -OCH3 is 1. The van der Waals surface area contributed by atoms with Gasteiger partial charge >= 0.3 is 0 Å². The Balaban J connectivity index is 2.62. The lowest BCUT2D eigenvalue weighted by Crippen LogP contribution is -2.10. The molecular weight excluding hydrogens is 254 g/mol. The van der Waals surface area contributed by atoms with Crippen molar-refractivity contribution in [3.8, 4) is 5.75 Å². The number of halogens is 1. The lowest BCUT2D eigenvalue weighted by Gasteiger charge is -2.12. The predicted molar refractivity (Wildman–Crippen MR) is 68.6 cm³/mol. The predicted octanol–water partition coefficient (Wildman–Crippen LogP) is 3.92. The lowest BCUT2D eigenvalue weighted by molar-refractivity contribution is 0.412. The highest BCUT2D eigenvalue weighted by molar-refractivity contribution is 9.10. The molecule has 84 valence electrons. The number of nitrogens with one attached hydrogen (secondary N) is 1. The van der Waals surface area contributed by atoms with Crippen LogP contribution in [0.4, 0.5) is 5.69 Å². The van der Waals surface area contributed by atoms with Gasteiger partial charge in [-0.2, -0.15) is 0 Å². The number of benzene rings is 1. The Kier molecular flexibility index (Phi) is 4.95. The van der Waals surface area contributed by atoms with Crippen LogP contribution in [0.2, 0.25) is 0 Å². The summed E-state index contributed by atoms with van der Waals surface area (Å²) in [5.74, 6) is 1.56. The number of ether oxygens (including phenoxy) is 1. The summed E-state index contributed by atoms with van der Waals surface area (Å²) in [4.78, 5) is 0. The van der Waals surface area contributed by atoms with E-state index in [0.29, 0.717) is 5.92 Å². The molecule has 1 aromatic rings. The maximum atomic E-state index is 5.23. The fourth-order valence-electron chi connectivity index (χ4n) is 1.21. The molecule has 0 aromatic heterocycles. The van der Waals surface area contributed by atoms with Crippen molar-refractivity contribution in [3.05, 3.63) is 22.7 Å². The van der Waals surface area contributed by atoms with E-state index in [2.05, 4.69) is 41.2 Å². The molecule has 0 aliphatic heterocycles. The molecule has 0 saturated heterocycles. The summed E-state index contributed by atoms with van der Waals surface area (Å²) < 4.78 is 6.22. The molecule has 0 bridgehead atoms. The maximum absolute atomic E-state index is 5.23. The molecule has 1 rings (SSSR count). The Morgan fingerprint density at radius 3 is 2.80 bits per heavy atom. The van der Waals surface area contributed by atoms with E-state index in [-0.39, 0.29) is 0 Å². The van der Waals surface area contributed by atoms with Crippen molar-refractivity contribution in [1.82, 2.24) is 0 Å². The smallest absolute Gasteiger partial charge is 0.135 e. The first kappa shape index (κ1) is 12.4. The van der Waals surface area contributed by atoms with Crippen molar-refractivity contribution in [3.63, 3.8) is 0 Å². The third-order valence-corrected chi connectivity index (χ3v) is 3.16. The molecule has 0 amide bonds. The number of rotatable bonds is 5. The molecule has 1 atom stereocenters. The summed E-state index contributed by atoms with van der Waals surface area (Å²) in [5.41, 5.74) is 1.11. The molecule has 15 heavy (non-hydrogen) atoms. The number of hydrogen-bond donors (Lipinski definition) is 1. The molecule has 1 N–H and O–H groups in total. The normalized spacial score (nSPS) is 12.3. The Bertz CT molecular complexity index is 314. The standard InChI is InChI=1S/C12H18BrNO/c1-4-9(2)8-14-10-5-6-11(13)12(7-10)15-3/h5-7,9,14H,4,8H2,1-3H3. The highest BCUT2D eigenvalue weighted by Gasteiger charge is 2.02. The van der Waals surface area contributed by atoms with Crippen LogP contribution in [-0.2, 0) is 0 Å². The summed E-state index contributed by atoms with van der Waals surface area (Å²) in [6.45, 7) is 5.44.